The summed E-state index contributed by atoms with van der Waals surface area (Å²) in [5.74, 6) is 0.521. The fourth-order valence-corrected chi connectivity index (χ4v) is 1.95. The highest BCUT2D eigenvalue weighted by Gasteiger charge is 2.08. The first kappa shape index (κ1) is 17.1. The van der Waals surface area contributed by atoms with Crippen LogP contribution in [0.3, 0.4) is 0 Å². The zero-order valence-electron chi connectivity index (χ0n) is 12.2. The lowest BCUT2D eigenvalue weighted by atomic mass is 10.2. The predicted molar refractivity (Wildman–Crippen MR) is 82.2 cm³/mol. The van der Waals surface area contributed by atoms with Crippen LogP contribution in [0.1, 0.15) is 13.8 Å². The van der Waals surface area contributed by atoms with Crippen LogP contribution in [0.15, 0.2) is 15.5 Å². The number of nitrogens with zero attached hydrogens (tertiary/aromatic N) is 2. The second kappa shape index (κ2) is 9.10. The molecule has 1 rings (SSSR count). The Labute approximate surface area is 127 Å². The van der Waals surface area contributed by atoms with Crippen LogP contribution in [0.4, 0.5) is 5.69 Å². The Morgan fingerprint density at radius 1 is 1.45 bits per heavy atom. The Morgan fingerprint density at radius 2 is 2.20 bits per heavy atom. The molecular weight excluding hydrogens is 326 g/mol. The predicted octanol–water partition coefficient (Wildman–Crippen LogP) is 1.74. The fourth-order valence-electron chi connectivity index (χ4n) is 1.50. The highest BCUT2D eigenvalue weighted by Crippen LogP contribution is 2.15. The molecule has 0 spiro atoms. The van der Waals surface area contributed by atoms with E-state index in [1.165, 1.54) is 4.68 Å². The number of aromatic nitrogens is 2. The Balaban J connectivity index is 2.51. The van der Waals surface area contributed by atoms with Gasteiger partial charge in [0.15, 0.2) is 0 Å². The third-order valence-electron chi connectivity index (χ3n) is 2.51. The number of hydrogen-bond donors (Lipinski definition) is 1. The van der Waals surface area contributed by atoms with E-state index < -0.39 is 0 Å². The maximum atomic E-state index is 12.0. The molecule has 0 unspecified atom stereocenters. The molecule has 6 nitrogen and oxygen atoms in total. The average Bonchev–Trinajstić information content (AvgIpc) is 2.41. The van der Waals surface area contributed by atoms with Gasteiger partial charge in [-0.15, -0.1) is 0 Å². The van der Waals surface area contributed by atoms with Gasteiger partial charge in [0, 0.05) is 20.3 Å². The summed E-state index contributed by atoms with van der Waals surface area (Å²) in [4.78, 5) is 12.0. The largest absolute Gasteiger partial charge is 0.383 e. The molecule has 0 aliphatic carbocycles. The van der Waals surface area contributed by atoms with Crippen LogP contribution in [-0.2, 0) is 16.0 Å². The second-order valence-electron chi connectivity index (χ2n) is 4.79. The molecule has 1 heterocycles. The third kappa shape index (κ3) is 5.60. The van der Waals surface area contributed by atoms with Gasteiger partial charge in [-0.05, 0) is 21.8 Å². The molecule has 0 aliphatic heterocycles. The molecule has 0 saturated heterocycles. The van der Waals surface area contributed by atoms with Crippen LogP contribution < -0.4 is 10.9 Å². The molecule has 0 atom stereocenters. The third-order valence-corrected chi connectivity index (χ3v) is 3.27. The summed E-state index contributed by atoms with van der Waals surface area (Å²) in [7, 11) is 1.59. The molecule has 0 fully saturated rings. The van der Waals surface area contributed by atoms with Crippen LogP contribution in [-0.4, -0.2) is 43.3 Å². The standard InChI is InChI=1S/C13H22BrN3O3/c1-10(2)9-20-6-4-15-11-8-16-17(5-7-19-3)13(18)12(11)14/h8,10,15H,4-7,9H2,1-3H3. The molecule has 0 bridgehead atoms. The number of methoxy groups -OCH3 is 1. The molecule has 0 radical (unpaired) electrons. The van der Waals surface area contributed by atoms with Gasteiger partial charge >= 0.3 is 0 Å². The van der Waals surface area contributed by atoms with Gasteiger partial charge in [-0.25, -0.2) is 4.68 Å². The molecule has 114 valence electrons. The lowest BCUT2D eigenvalue weighted by Gasteiger charge is -2.11. The lowest BCUT2D eigenvalue weighted by molar-refractivity contribution is 0.118. The zero-order chi connectivity index (χ0) is 15.0. The zero-order valence-corrected chi connectivity index (χ0v) is 13.8. The summed E-state index contributed by atoms with van der Waals surface area (Å²) in [5.41, 5.74) is 0.506. The first-order chi connectivity index (χ1) is 9.56. The van der Waals surface area contributed by atoms with Gasteiger partial charge in [-0.2, -0.15) is 5.10 Å². The highest BCUT2D eigenvalue weighted by molar-refractivity contribution is 9.10. The second-order valence-corrected chi connectivity index (χ2v) is 5.58. The Kier molecular flexibility index (Phi) is 7.79. The van der Waals surface area contributed by atoms with E-state index in [1.807, 2.05) is 0 Å². The van der Waals surface area contributed by atoms with Crippen LogP contribution in [0.5, 0.6) is 0 Å². The van der Waals surface area contributed by atoms with Crippen molar-refractivity contribution in [3.63, 3.8) is 0 Å². The minimum atomic E-state index is -0.171. The molecule has 1 aromatic rings. The maximum absolute atomic E-state index is 12.0. The van der Waals surface area contributed by atoms with E-state index in [4.69, 9.17) is 9.47 Å². The molecule has 20 heavy (non-hydrogen) atoms. The molecule has 0 amide bonds. The Morgan fingerprint density at radius 3 is 2.85 bits per heavy atom. The van der Waals surface area contributed by atoms with Gasteiger partial charge in [0.2, 0.25) is 0 Å². The molecule has 1 aromatic heterocycles. The first-order valence-corrected chi connectivity index (χ1v) is 7.41. The first-order valence-electron chi connectivity index (χ1n) is 6.62. The molecular formula is C13H22BrN3O3. The molecule has 0 aromatic carbocycles. The number of hydrogen-bond acceptors (Lipinski definition) is 5. The van der Waals surface area contributed by atoms with Gasteiger partial charge in [0.1, 0.15) is 4.47 Å². The van der Waals surface area contributed by atoms with E-state index in [9.17, 15) is 4.79 Å². The Hall–Kier alpha value is -0.920. The van der Waals surface area contributed by atoms with Crippen molar-refractivity contribution < 1.29 is 9.47 Å². The summed E-state index contributed by atoms with van der Waals surface area (Å²) in [5, 5.41) is 7.23. The summed E-state index contributed by atoms with van der Waals surface area (Å²) >= 11 is 3.30. The van der Waals surface area contributed by atoms with Crippen LogP contribution in [0.25, 0.3) is 0 Å². The summed E-state index contributed by atoms with van der Waals surface area (Å²) < 4.78 is 12.2. The smallest absolute Gasteiger partial charge is 0.283 e. The Bertz CT molecular complexity index is 463. The van der Waals surface area contributed by atoms with E-state index in [2.05, 4.69) is 40.2 Å². The van der Waals surface area contributed by atoms with Crippen molar-refractivity contribution in [1.29, 1.82) is 0 Å². The summed E-state index contributed by atoms with van der Waals surface area (Å²) in [6.07, 6.45) is 1.63. The van der Waals surface area contributed by atoms with Gasteiger partial charge in [-0.3, -0.25) is 4.79 Å². The topological polar surface area (TPSA) is 65.4 Å². The minimum Gasteiger partial charge on any atom is -0.383 e. The quantitative estimate of drug-likeness (QED) is 0.689. The van der Waals surface area contributed by atoms with Gasteiger partial charge in [0.05, 0.1) is 31.6 Å². The average molecular weight is 348 g/mol. The van der Waals surface area contributed by atoms with Crippen molar-refractivity contribution in [2.24, 2.45) is 5.92 Å². The van der Waals surface area contributed by atoms with E-state index in [-0.39, 0.29) is 5.56 Å². The van der Waals surface area contributed by atoms with E-state index >= 15 is 0 Å². The highest BCUT2D eigenvalue weighted by atomic mass is 79.9. The molecule has 1 N–H and O–H groups in total. The van der Waals surface area contributed by atoms with Gasteiger partial charge < -0.3 is 14.8 Å². The number of ether oxygens (including phenoxy) is 2. The van der Waals surface area contributed by atoms with E-state index in [0.717, 1.165) is 6.61 Å². The van der Waals surface area contributed by atoms with Gasteiger partial charge in [-0.1, -0.05) is 13.8 Å². The van der Waals surface area contributed by atoms with Crippen molar-refractivity contribution in [2.45, 2.75) is 20.4 Å². The monoisotopic (exact) mass is 347 g/mol. The SMILES string of the molecule is COCCn1ncc(NCCOCC(C)C)c(Br)c1=O. The molecule has 7 heteroatoms. The van der Waals surface area contributed by atoms with Crippen LogP contribution in [0.2, 0.25) is 0 Å². The lowest BCUT2D eigenvalue weighted by Crippen LogP contribution is -2.26. The van der Waals surface area contributed by atoms with Crippen LogP contribution >= 0.6 is 15.9 Å². The van der Waals surface area contributed by atoms with Crippen LogP contribution in [0, 0.1) is 5.92 Å². The van der Waals surface area contributed by atoms with Gasteiger partial charge in [0.25, 0.3) is 5.56 Å². The number of rotatable bonds is 9. The summed E-state index contributed by atoms with van der Waals surface area (Å²) in [6, 6.07) is 0. The molecule has 0 saturated carbocycles. The van der Waals surface area contributed by atoms with E-state index in [0.29, 0.717) is 42.4 Å². The van der Waals surface area contributed by atoms with Crippen molar-refractivity contribution in [3.8, 4) is 0 Å². The van der Waals surface area contributed by atoms with E-state index in [1.54, 1.807) is 13.3 Å². The normalized spacial score (nSPS) is 11.1. The number of nitrogens with one attached hydrogen (secondary N) is 1. The van der Waals surface area contributed by atoms with Crippen molar-refractivity contribution in [1.82, 2.24) is 9.78 Å². The number of anilines is 1. The maximum Gasteiger partial charge on any atom is 0.283 e. The summed E-state index contributed by atoms with van der Waals surface area (Å²) in [6.45, 7) is 7.06. The van der Waals surface area contributed by atoms with Crippen molar-refractivity contribution >= 4 is 21.6 Å². The van der Waals surface area contributed by atoms with Crippen molar-refractivity contribution in [3.05, 3.63) is 21.0 Å². The molecule has 0 aliphatic rings. The fraction of sp³-hybridized carbons (Fsp3) is 0.692. The minimum absolute atomic E-state index is 0.171. The van der Waals surface area contributed by atoms with Crippen molar-refractivity contribution in [2.75, 3.05) is 38.8 Å². The number of halogens is 1.